The van der Waals surface area contributed by atoms with Gasteiger partial charge in [-0.25, -0.2) is 12.8 Å². The molecule has 1 rings (SSSR count). The third-order valence-corrected chi connectivity index (χ3v) is 5.25. The SMILES string of the molecule is CCNC(CCCS(=O)(=O)CC)c1cc(F)ccc1C. The fourth-order valence-electron chi connectivity index (χ4n) is 2.25. The second kappa shape index (κ2) is 7.74. The number of benzene rings is 1. The summed E-state index contributed by atoms with van der Waals surface area (Å²) < 4.78 is 36.4. The third kappa shape index (κ3) is 5.21. The van der Waals surface area contributed by atoms with Gasteiger partial charge < -0.3 is 5.32 Å². The molecule has 3 nitrogen and oxygen atoms in total. The fourth-order valence-corrected chi connectivity index (χ4v) is 3.15. The van der Waals surface area contributed by atoms with Crippen molar-refractivity contribution < 1.29 is 12.8 Å². The number of hydrogen-bond donors (Lipinski definition) is 1. The fraction of sp³-hybridized carbons (Fsp3) is 0.600. The molecule has 114 valence electrons. The van der Waals surface area contributed by atoms with Crippen molar-refractivity contribution in [1.82, 2.24) is 5.32 Å². The number of halogens is 1. The van der Waals surface area contributed by atoms with Gasteiger partial charge in [-0.3, -0.25) is 0 Å². The lowest BCUT2D eigenvalue weighted by atomic mass is 9.97. The summed E-state index contributed by atoms with van der Waals surface area (Å²) in [7, 11) is -2.93. The van der Waals surface area contributed by atoms with Crippen LogP contribution in [0.2, 0.25) is 0 Å². The molecule has 0 aliphatic carbocycles. The lowest BCUT2D eigenvalue weighted by Crippen LogP contribution is -2.23. The Morgan fingerprint density at radius 2 is 2.00 bits per heavy atom. The summed E-state index contributed by atoms with van der Waals surface area (Å²) in [6.45, 7) is 6.36. The highest BCUT2D eigenvalue weighted by molar-refractivity contribution is 7.91. The topological polar surface area (TPSA) is 46.2 Å². The molecule has 1 unspecified atom stereocenters. The molecule has 0 aliphatic heterocycles. The minimum Gasteiger partial charge on any atom is -0.310 e. The van der Waals surface area contributed by atoms with E-state index in [0.717, 1.165) is 17.7 Å². The lowest BCUT2D eigenvalue weighted by Gasteiger charge is -2.20. The molecule has 0 spiro atoms. The Labute approximate surface area is 121 Å². The predicted octanol–water partition coefficient (Wildman–Crippen LogP) is 3.00. The lowest BCUT2D eigenvalue weighted by molar-refractivity contribution is 0.500. The summed E-state index contributed by atoms with van der Waals surface area (Å²) in [5.41, 5.74) is 1.94. The molecule has 5 heteroatoms. The number of rotatable bonds is 8. The monoisotopic (exact) mass is 301 g/mol. The van der Waals surface area contributed by atoms with E-state index in [1.54, 1.807) is 13.0 Å². The van der Waals surface area contributed by atoms with E-state index in [-0.39, 0.29) is 23.4 Å². The second-order valence-electron chi connectivity index (χ2n) is 4.99. The van der Waals surface area contributed by atoms with E-state index in [9.17, 15) is 12.8 Å². The number of hydrogen-bond acceptors (Lipinski definition) is 3. The molecular weight excluding hydrogens is 277 g/mol. The zero-order valence-corrected chi connectivity index (χ0v) is 13.3. The molecule has 0 aliphatic rings. The Bertz CT molecular complexity index is 529. The van der Waals surface area contributed by atoms with Crippen molar-refractivity contribution in [3.8, 4) is 0 Å². The second-order valence-corrected chi connectivity index (χ2v) is 7.46. The van der Waals surface area contributed by atoms with Crippen molar-refractivity contribution in [2.75, 3.05) is 18.1 Å². The maximum Gasteiger partial charge on any atom is 0.150 e. The van der Waals surface area contributed by atoms with Crippen LogP contribution in [-0.4, -0.2) is 26.5 Å². The Morgan fingerprint density at radius 3 is 2.60 bits per heavy atom. The van der Waals surface area contributed by atoms with Crippen LogP contribution in [0.3, 0.4) is 0 Å². The molecule has 1 aromatic rings. The summed E-state index contributed by atoms with van der Waals surface area (Å²) in [5.74, 6) is 0.118. The van der Waals surface area contributed by atoms with Gasteiger partial charge in [0.25, 0.3) is 0 Å². The first-order valence-electron chi connectivity index (χ1n) is 7.09. The number of aryl methyl sites for hydroxylation is 1. The molecule has 20 heavy (non-hydrogen) atoms. The summed E-state index contributed by atoms with van der Waals surface area (Å²) in [6.07, 6.45) is 1.28. The van der Waals surface area contributed by atoms with Crippen LogP contribution in [0.15, 0.2) is 18.2 Å². The molecule has 1 aromatic carbocycles. The van der Waals surface area contributed by atoms with E-state index < -0.39 is 9.84 Å². The predicted molar refractivity (Wildman–Crippen MR) is 81.1 cm³/mol. The van der Waals surface area contributed by atoms with E-state index >= 15 is 0 Å². The van der Waals surface area contributed by atoms with Gasteiger partial charge in [0.15, 0.2) is 0 Å². The van der Waals surface area contributed by atoms with E-state index in [4.69, 9.17) is 0 Å². The molecule has 0 aromatic heterocycles. The summed E-state index contributed by atoms with van der Waals surface area (Å²) in [6, 6.07) is 4.75. The molecule has 1 N–H and O–H groups in total. The van der Waals surface area contributed by atoms with Crippen LogP contribution in [0.4, 0.5) is 4.39 Å². The van der Waals surface area contributed by atoms with Crippen molar-refractivity contribution in [3.05, 3.63) is 35.1 Å². The van der Waals surface area contributed by atoms with Gasteiger partial charge in [-0.2, -0.15) is 0 Å². The summed E-state index contributed by atoms with van der Waals surface area (Å²) in [5, 5.41) is 3.31. The van der Waals surface area contributed by atoms with Crippen LogP contribution in [0, 0.1) is 12.7 Å². The maximum absolute atomic E-state index is 13.4. The van der Waals surface area contributed by atoms with Gasteiger partial charge in [0.1, 0.15) is 15.7 Å². The zero-order valence-electron chi connectivity index (χ0n) is 12.4. The maximum atomic E-state index is 13.4. The van der Waals surface area contributed by atoms with Gasteiger partial charge in [0.2, 0.25) is 0 Å². The molecule has 0 radical (unpaired) electrons. The molecule has 0 amide bonds. The highest BCUT2D eigenvalue weighted by Crippen LogP contribution is 2.23. The molecule has 0 saturated heterocycles. The first kappa shape index (κ1) is 17.1. The zero-order chi connectivity index (χ0) is 15.2. The van der Waals surface area contributed by atoms with Crippen LogP contribution < -0.4 is 5.32 Å². The number of sulfone groups is 1. The Hall–Kier alpha value is -0.940. The van der Waals surface area contributed by atoms with Gasteiger partial charge in [0.05, 0.1) is 5.75 Å². The van der Waals surface area contributed by atoms with Gasteiger partial charge in [0, 0.05) is 11.8 Å². The van der Waals surface area contributed by atoms with Crippen molar-refractivity contribution in [2.45, 2.75) is 39.7 Å². The van der Waals surface area contributed by atoms with Crippen LogP contribution in [0.5, 0.6) is 0 Å². The van der Waals surface area contributed by atoms with Crippen LogP contribution in [0.25, 0.3) is 0 Å². The third-order valence-electron chi connectivity index (χ3n) is 3.46. The quantitative estimate of drug-likeness (QED) is 0.803. The highest BCUT2D eigenvalue weighted by atomic mass is 32.2. The molecule has 0 saturated carbocycles. The van der Waals surface area contributed by atoms with Gasteiger partial charge in [-0.1, -0.05) is 19.9 Å². The Balaban J connectivity index is 2.76. The normalized spacial score (nSPS) is 13.4. The first-order chi connectivity index (χ1) is 9.39. The largest absolute Gasteiger partial charge is 0.310 e. The van der Waals surface area contributed by atoms with E-state index in [0.29, 0.717) is 12.8 Å². The molecule has 0 bridgehead atoms. The van der Waals surface area contributed by atoms with E-state index in [2.05, 4.69) is 5.32 Å². The average Bonchev–Trinajstić information content (AvgIpc) is 2.40. The van der Waals surface area contributed by atoms with E-state index in [1.165, 1.54) is 12.1 Å². The minimum atomic E-state index is -2.93. The Kier molecular flexibility index (Phi) is 6.62. The van der Waals surface area contributed by atoms with Crippen molar-refractivity contribution in [2.24, 2.45) is 0 Å². The minimum absolute atomic E-state index is 0.00255. The number of nitrogens with one attached hydrogen (secondary N) is 1. The van der Waals surface area contributed by atoms with Crippen molar-refractivity contribution in [1.29, 1.82) is 0 Å². The summed E-state index contributed by atoms with van der Waals surface area (Å²) in [4.78, 5) is 0. The smallest absolute Gasteiger partial charge is 0.150 e. The van der Waals surface area contributed by atoms with Gasteiger partial charge >= 0.3 is 0 Å². The average molecular weight is 301 g/mol. The summed E-state index contributed by atoms with van der Waals surface area (Å²) >= 11 is 0. The highest BCUT2D eigenvalue weighted by Gasteiger charge is 2.15. The Morgan fingerprint density at radius 1 is 1.30 bits per heavy atom. The molecule has 0 heterocycles. The van der Waals surface area contributed by atoms with Gasteiger partial charge in [-0.15, -0.1) is 0 Å². The molecular formula is C15H24FNO2S. The van der Waals surface area contributed by atoms with E-state index in [1.807, 2.05) is 13.8 Å². The van der Waals surface area contributed by atoms with Crippen molar-refractivity contribution >= 4 is 9.84 Å². The standard InChI is InChI=1S/C15H24FNO2S/c1-4-17-15(7-6-10-20(18,19)5-2)14-11-13(16)9-8-12(14)3/h8-9,11,15,17H,4-7,10H2,1-3H3. The first-order valence-corrected chi connectivity index (χ1v) is 8.91. The van der Waals surface area contributed by atoms with Crippen molar-refractivity contribution in [3.63, 3.8) is 0 Å². The van der Waals surface area contributed by atoms with Gasteiger partial charge in [-0.05, 0) is 49.6 Å². The van der Waals surface area contributed by atoms with Crippen LogP contribution in [0.1, 0.15) is 43.9 Å². The van der Waals surface area contributed by atoms with Crippen LogP contribution in [-0.2, 0) is 9.84 Å². The molecule has 0 fully saturated rings. The van der Waals surface area contributed by atoms with Crippen LogP contribution >= 0.6 is 0 Å². The molecule has 1 atom stereocenters.